The van der Waals surface area contributed by atoms with Crippen molar-refractivity contribution in [1.82, 2.24) is 14.3 Å². The Kier molecular flexibility index (Phi) is 11.9. The predicted molar refractivity (Wildman–Crippen MR) is 190 cm³/mol. The van der Waals surface area contributed by atoms with Gasteiger partial charge >= 0.3 is 5.51 Å². The molecule has 0 unspecified atom stereocenters. The lowest BCUT2D eigenvalue weighted by atomic mass is 9.89. The average Bonchev–Trinajstić information content (AvgIpc) is 3.10. The number of fused-ring (bicyclic) bond motifs is 1. The molecule has 268 valence electrons. The largest absolute Gasteiger partial charge is 0.741 e. The van der Waals surface area contributed by atoms with Crippen LogP contribution in [-0.2, 0) is 27.4 Å². The van der Waals surface area contributed by atoms with Crippen LogP contribution >= 0.6 is 0 Å². The molecule has 3 heterocycles. The van der Waals surface area contributed by atoms with Crippen LogP contribution in [0.5, 0.6) is 0 Å². The Balaban J connectivity index is 0.000000565. The molecule has 1 aliphatic heterocycles. The summed E-state index contributed by atoms with van der Waals surface area (Å²) in [6.45, 7) is 8.67. The fourth-order valence-electron chi connectivity index (χ4n) is 5.96. The van der Waals surface area contributed by atoms with Crippen LogP contribution in [0.3, 0.4) is 0 Å². The van der Waals surface area contributed by atoms with Crippen molar-refractivity contribution in [2.24, 2.45) is 5.92 Å². The summed E-state index contributed by atoms with van der Waals surface area (Å²) in [5, 5.41) is 0. The molecule has 0 saturated carbocycles. The lowest BCUT2D eigenvalue weighted by Gasteiger charge is -2.31. The number of aryl methyl sites for hydroxylation is 3. The van der Waals surface area contributed by atoms with Gasteiger partial charge in [-0.2, -0.15) is 13.2 Å². The number of carbonyl (C=O) groups is 1. The van der Waals surface area contributed by atoms with Gasteiger partial charge in [-0.05, 0) is 114 Å². The molecule has 1 saturated heterocycles. The summed E-state index contributed by atoms with van der Waals surface area (Å²) < 4.78 is 60.5. The summed E-state index contributed by atoms with van der Waals surface area (Å²) in [4.78, 5) is 37.3. The van der Waals surface area contributed by atoms with E-state index in [1.165, 1.54) is 25.8 Å². The molecule has 0 aliphatic carbocycles. The van der Waals surface area contributed by atoms with Gasteiger partial charge in [-0.15, -0.1) is 0 Å². The second-order valence-electron chi connectivity index (χ2n) is 12.5. The number of aromatic nitrogens is 2. The molecule has 2 aromatic heterocycles. The SMILES string of the molecule is Cc1ccc([S+](c2ccc(C)cc2)c2ccc(C(=O)C3CCN(CCc4c(C)nc5ccccn5c4=O)CC3)cc2)cc1.O=S(=O)([O-])C(F)(F)F. The Labute approximate surface area is 298 Å². The van der Waals surface area contributed by atoms with Crippen LogP contribution < -0.4 is 5.56 Å². The highest BCUT2D eigenvalue weighted by molar-refractivity contribution is 7.97. The van der Waals surface area contributed by atoms with Gasteiger partial charge in [0.25, 0.3) is 5.56 Å². The molecule has 13 heteroatoms. The van der Waals surface area contributed by atoms with E-state index in [2.05, 4.69) is 84.4 Å². The molecular weight excluding hydrogens is 700 g/mol. The zero-order valence-electron chi connectivity index (χ0n) is 28.4. The van der Waals surface area contributed by atoms with Crippen molar-refractivity contribution in [3.8, 4) is 0 Å². The molecule has 0 spiro atoms. The highest BCUT2D eigenvalue weighted by Gasteiger charge is 2.37. The van der Waals surface area contributed by atoms with Crippen LogP contribution in [0.4, 0.5) is 13.2 Å². The topological polar surface area (TPSA) is 112 Å². The van der Waals surface area contributed by atoms with Crippen molar-refractivity contribution in [3.63, 3.8) is 0 Å². The van der Waals surface area contributed by atoms with Crippen LogP contribution in [-0.4, -0.2) is 58.2 Å². The van der Waals surface area contributed by atoms with Gasteiger partial charge < -0.3 is 9.45 Å². The fraction of sp³-hybridized carbons (Fsp3) is 0.289. The molecule has 3 aromatic carbocycles. The number of ketones is 1. The number of halogens is 3. The zero-order valence-corrected chi connectivity index (χ0v) is 30.0. The van der Waals surface area contributed by atoms with Gasteiger partial charge in [0.15, 0.2) is 30.6 Å². The third-order valence-corrected chi connectivity index (χ3v) is 11.6. The standard InChI is InChI=1S/C37H38N3O2S.CHF3O3S/c1-26-7-13-31(14-8-26)43(32-15-9-27(2)10-16-32)33-17-11-29(12-18-33)36(41)30-19-23-39(24-20-30)25-21-34-28(3)38-35-6-4-5-22-40(35)37(34)42;2-1(3,4)8(5,6)7/h4-18,22,30H,19-21,23-25H2,1-3H3;(H,5,6,7)/q+1;/p-1. The number of piperidine rings is 1. The first-order valence-electron chi connectivity index (χ1n) is 16.4. The van der Waals surface area contributed by atoms with Crippen LogP contribution in [0, 0.1) is 26.7 Å². The van der Waals surface area contributed by atoms with E-state index < -0.39 is 15.6 Å². The molecule has 6 rings (SSSR count). The van der Waals surface area contributed by atoms with Gasteiger partial charge in [-0.25, -0.2) is 13.4 Å². The monoisotopic (exact) mass is 737 g/mol. The van der Waals surface area contributed by atoms with E-state index in [1.807, 2.05) is 37.3 Å². The van der Waals surface area contributed by atoms with E-state index in [-0.39, 0.29) is 28.2 Å². The molecule has 8 nitrogen and oxygen atoms in total. The minimum atomic E-state index is -6.09. The minimum absolute atomic E-state index is 0.0178. The number of hydrogen-bond donors (Lipinski definition) is 0. The van der Waals surface area contributed by atoms with E-state index in [0.717, 1.165) is 49.3 Å². The average molecular weight is 738 g/mol. The maximum absolute atomic E-state index is 13.5. The maximum Gasteiger partial charge on any atom is 0.485 e. The molecule has 0 N–H and O–H groups in total. The van der Waals surface area contributed by atoms with Crippen molar-refractivity contribution in [1.29, 1.82) is 0 Å². The Morgan fingerprint density at radius 1 is 0.843 bits per heavy atom. The van der Waals surface area contributed by atoms with Crippen LogP contribution in [0.25, 0.3) is 5.65 Å². The molecule has 0 bridgehead atoms. The van der Waals surface area contributed by atoms with Crippen molar-refractivity contribution in [3.05, 3.63) is 135 Å². The first kappa shape index (κ1) is 37.9. The maximum atomic E-state index is 13.5. The van der Waals surface area contributed by atoms with Gasteiger partial charge in [0.05, 0.1) is 10.9 Å². The number of rotatable bonds is 8. The highest BCUT2D eigenvalue weighted by Crippen LogP contribution is 2.32. The molecule has 0 radical (unpaired) electrons. The Morgan fingerprint density at radius 2 is 1.33 bits per heavy atom. The van der Waals surface area contributed by atoms with Gasteiger partial charge in [0.1, 0.15) is 5.65 Å². The van der Waals surface area contributed by atoms with Crippen molar-refractivity contribution in [2.45, 2.75) is 60.2 Å². The number of Topliss-reactive ketones (excluding diaryl/α,β-unsaturated/α-hetero) is 1. The Hall–Kier alpha value is -4.30. The highest BCUT2D eigenvalue weighted by atomic mass is 32.2. The molecule has 0 amide bonds. The molecule has 1 aliphatic rings. The first-order chi connectivity index (χ1) is 24.1. The summed E-state index contributed by atoms with van der Waals surface area (Å²) in [6, 6.07) is 31.5. The molecule has 0 atom stereocenters. The smallest absolute Gasteiger partial charge is 0.485 e. The second-order valence-corrected chi connectivity index (χ2v) is 15.9. The van der Waals surface area contributed by atoms with E-state index in [9.17, 15) is 22.8 Å². The van der Waals surface area contributed by atoms with Gasteiger partial charge in [0, 0.05) is 35.5 Å². The van der Waals surface area contributed by atoms with E-state index in [0.29, 0.717) is 12.1 Å². The number of carbonyl (C=O) groups excluding carboxylic acids is 1. The van der Waals surface area contributed by atoms with Crippen molar-refractivity contribution >= 4 is 32.4 Å². The van der Waals surface area contributed by atoms with E-state index in [1.54, 1.807) is 10.6 Å². The van der Waals surface area contributed by atoms with Crippen LogP contribution in [0.2, 0.25) is 0 Å². The summed E-state index contributed by atoms with van der Waals surface area (Å²) in [5.74, 6) is 0.272. The number of benzene rings is 3. The number of hydrogen-bond acceptors (Lipinski definition) is 7. The van der Waals surface area contributed by atoms with E-state index >= 15 is 0 Å². The molecular formula is C38H38F3N3O5S2. The quantitative estimate of drug-likeness (QED) is 0.0737. The first-order valence-corrected chi connectivity index (χ1v) is 19.0. The number of nitrogens with zero attached hydrogens (tertiary/aromatic N) is 3. The third kappa shape index (κ3) is 9.33. The third-order valence-electron chi connectivity index (χ3n) is 8.84. The zero-order chi connectivity index (χ0) is 36.9. The summed E-state index contributed by atoms with van der Waals surface area (Å²) >= 11 is 0. The Morgan fingerprint density at radius 3 is 1.82 bits per heavy atom. The van der Waals surface area contributed by atoms with Crippen LogP contribution in [0.15, 0.2) is 117 Å². The van der Waals surface area contributed by atoms with E-state index in [4.69, 9.17) is 13.0 Å². The normalized spacial score (nSPS) is 14.4. The van der Waals surface area contributed by atoms with Crippen molar-refractivity contribution in [2.75, 3.05) is 19.6 Å². The lowest BCUT2D eigenvalue weighted by molar-refractivity contribution is -0.0517. The van der Waals surface area contributed by atoms with Gasteiger partial charge in [0.2, 0.25) is 0 Å². The Bertz CT molecular complexity index is 2100. The lowest BCUT2D eigenvalue weighted by Crippen LogP contribution is -2.38. The predicted octanol–water partition coefficient (Wildman–Crippen LogP) is 6.90. The molecule has 51 heavy (non-hydrogen) atoms. The molecule has 5 aromatic rings. The van der Waals surface area contributed by atoms with Gasteiger partial charge in [-0.3, -0.25) is 14.0 Å². The minimum Gasteiger partial charge on any atom is -0.741 e. The number of likely N-dealkylation sites (tertiary alicyclic amines) is 1. The summed E-state index contributed by atoms with van der Waals surface area (Å²) in [5.41, 5.74) is -0.0745. The van der Waals surface area contributed by atoms with Gasteiger partial charge in [-0.1, -0.05) is 41.5 Å². The molecule has 1 fully saturated rings. The number of alkyl halides is 3. The summed E-state index contributed by atoms with van der Waals surface area (Å²) in [6.07, 6.45) is 4.12. The van der Waals surface area contributed by atoms with Crippen LogP contribution in [0.1, 0.15) is 45.6 Å². The van der Waals surface area contributed by atoms with Crippen molar-refractivity contribution < 1.29 is 30.9 Å². The summed E-state index contributed by atoms with van der Waals surface area (Å²) in [7, 11) is -6.33. The second kappa shape index (κ2) is 15.9. The number of pyridine rings is 1. The fourth-order valence-corrected chi connectivity index (χ4v) is 8.00.